The van der Waals surface area contributed by atoms with Gasteiger partial charge in [0.25, 0.3) is 0 Å². The minimum absolute atomic E-state index is 0. The predicted molar refractivity (Wildman–Crippen MR) is 0 cm³/mol. The molecule has 27 valence electrons. The molecule has 0 nitrogen and oxygen atoms in total. The normalized spacial score (nSPS) is 0. The van der Waals surface area contributed by atoms with E-state index >= 15 is 0 Å². The van der Waals surface area contributed by atoms with E-state index in [-0.39, 0.29) is 132 Å². The van der Waals surface area contributed by atoms with Crippen LogP contribution in [-0.4, -0.2) is 0 Å². The van der Waals surface area contributed by atoms with Gasteiger partial charge in [0.15, 0.2) is 0 Å². The second-order valence-electron chi connectivity index (χ2n) is 0. The number of hydrogen-bond acceptors (Lipinski definition) is 0. The fourth-order valence-electron chi connectivity index (χ4n) is 0. The molecular formula is Co2Y3. The van der Waals surface area contributed by atoms with Crippen molar-refractivity contribution in [3.05, 3.63) is 0 Å². The van der Waals surface area contributed by atoms with Crippen molar-refractivity contribution in [1.82, 2.24) is 0 Å². The summed E-state index contributed by atoms with van der Waals surface area (Å²) in [4.78, 5) is 0. The zero-order valence-corrected chi connectivity index (χ0v) is 13.0. The zero-order valence-electron chi connectivity index (χ0n) is 2.40. The zero-order chi connectivity index (χ0) is 0. The van der Waals surface area contributed by atoms with Crippen LogP contribution < -0.4 is 0 Å². The molecule has 0 atom stereocenters. The molecule has 5 heavy (non-hydrogen) atoms. The van der Waals surface area contributed by atoms with E-state index in [9.17, 15) is 0 Å². The Morgan fingerprint density at radius 3 is 0.400 bits per heavy atom. The monoisotopic (exact) mass is 385 g/mol. The van der Waals surface area contributed by atoms with Crippen molar-refractivity contribution < 1.29 is 132 Å². The van der Waals surface area contributed by atoms with Crippen LogP contribution in [-0.2, 0) is 132 Å². The van der Waals surface area contributed by atoms with Crippen LogP contribution in [0.2, 0.25) is 0 Å². The topological polar surface area (TPSA) is 0 Å². The van der Waals surface area contributed by atoms with Crippen molar-refractivity contribution in [3.8, 4) is 0 Å². The van der Waals surface area contributed by atoms with Crippen LogP contribution in [0.15, 0.2) is 0 Å². The van der Waals surface area contributed by atoms with Crippen LogP contribution in [0.3, 0.4) is 0 Å². The quantitative estimate of drug-likeness (QED) is 0.551. The van der Waals surface area contributed by atoms with Gasteiger partial charge in [0.2, 0.25) is 0 Å². The number of hydrogen-bond donors (Lipinski definition) is 0. The van der Waals surface area contributed by atoms with Gasteiger partial charge in [-0.25, -0.2) is 0 Å². The van der Waals surface area contributed by atoms with Crippen LogP contribution in [0.1, 0.15) is 0 Å². The molecule has 0 fully saturated rings. The van der Waals surface area contributed by atoms with Gasteiger partial charge in [-0.2, -0.15) is 0 Å². The Kier molecular flexibility index (Phi) is 165. The Balaban J connectivity index is 0. The smallest absolute Gasteiger partial charge is 0 e. The van der Waals surface area contributed by atoms with Crippen molar-refractivity contribution in [2.45, 2.75) is 0 Å². The van der Waals surface area contributed by atoms with E-state index in [2.05, 4.69) is 0 Å². The van der Waals surface area contributed by atoms with Crippen LogP contribution >= 0.6 is 0 Å². The third-order valence-electron chi connectivity index (χ3n) is 0. The Morgan fingerprint density at radius 1 is 0.400 bits per heavy atom. The molecule has 0 saturated carbocycles. The molecule has 0 unspecified atom stereocenters. The molecule has 5 heteroatoms. The first kappa shape index (κ1) is 34.6. The summed E-state index contributed by atoms with van der Waals surface area (Å²) in [5, 5.41) is 0. The van der Waals surface area contributed by atoms with Gasteiger partial charge >= 0.3 is 0 Å². The first-order chi connectivity index (χ1) is 0. The molecule has 0 spiro atoms. The average Bonchev–Trinajstić information content (AvgIpc) is 0. The molecule has 5 radical (unpaired) electrons. The Morgan fingerprint density at radius 2 is 0.400 bits per heavy atom. The molecule has 0 amide bonds. The fraction of sp³-hybridized carbons (Fsp3) is 0. The van der Waals surface area contributed by atoms with Crippen molar-refractivity contribution in [2.75, 3.05) is 0 Å². The second kappa shape index (κ2) is 23.9. The summed E-state index contributed by atoms with van der Waals surface area (Å²) >= 11 is 0. The van der Waals surface area contributed by atoms with E-state index in [1.165, 1.54) is 0 Å². The summed E-state index contributed by atoms with van der Waals surface area (Å²) in [7, 11) is 0. The molecule has 0 aromatic carbocycles. The molecule has 0 aliphatic heterocycles. The summed E-state index contributed by atoms with van der Waals surface area (Å²) in [6.07, 6.45) is 0. The van der Waals surface area contributed by atoms with Gasteiger partial charge in [-0.1, -0.05) is 0 Å². The maximum atomic E-state index is 0. The van der Waals surface area contributed by atoms with Crippen molar-refractivity contribution in [1.29, 1.82) is 0 Å². The van der Waals surface area contributed by atoms with E-state index in [0.717, 1.165) is 0 Å². The van der Waals surface area contributed by atoms with Crippen molar-refractivity contribution in [3.63, 3.8) is 0 Å². The first-order valence-corrected chi connectivity index (χ1v) is 0. The molecule has 0 rings (SSSR count). The first-order valence-electron chi connectivity index (χ1n) is 0. The van der Waals surface area contributed by atoms with Crippen molar-refractivity contribution >= 4 is 0 Å². The molecular weight excluding hydrogens is 385 g/mol. The van der Waals surface area contributed by atoms with Gasteiger partial charge in [0.1, 0.15) is 0 Å². The minimum Gasteiger partial charge on any atom is 0 e. The van der Waals surface area contributed by atoms with E-state index in [1.54, 1.807) is 0 Å². The maximum Gasteiger partial charge on any atom is 0 e. The van der Waals surface area contributed by atoms with E-state index in [4.69, 9.17) is 0 Å². The van der Waals surface area contributed by atoms with Gasteiger partial charge in [0.05, 0.1) is 0 Å². The molecule has 0 N–H and O–H groups in total. The predicted octanol–water partition coefficient (Wildman–Crippen LogP) is -0.0125. The summed E-state index contributed by atoms with van der Waals surface area (Å²) in [5.41, 5.74) is 0. The van der Waals surface area contributed by atoms with Crippen LogP contribution in [0.5, 0.6) is 0 Å². The van der Waals surface area contributed by atoms with E-state index in [1.807, 2.05) is 0 Å². The molecule has 0 saturated heterocycles. The van der Waals surface area contributed by atoms with Crippen molar-refractivity contribution in [2.24, 2.45) is 0 Å². The Bertz CT molecular complexity index is 4.85. The molecule has 0 aliphatic carbocycles. The fourth-order valence-corrected chi connectivity index (χ4v) is 0. The van der Waals surface area contributed by atoms with Crippen LogP contribution in [0, 0.1) is 0 Å². The standard InChI is InChI=1S/2Co.3Y. The minimum atomic E-state index is 0. The van der Waals surface area contributed by atoms with Crippen LogP contribution in [0.25, 0.3) is 0 Å². The van der Waals surface area contributed by atoms with E-state index < -0.39 is 0 Å². The van der Waals surface area contributed by atoms with Gasteiger partial charge in [-0.3, -0.25) is 0 Å². The summed E-state index contributed by atoms with van der Waals surface area (Å²) in [6.45, 7) is 0. The van der Waals surface area contributed by atoms with E-state index in [0.29, 0.717) is 0 Å². The molecule has 0 aromatic heterocycles. The third kappa shape index (κ3) is 17.8. The molecule has 0 bridgehead atoms. The Hall–Kier alpha value is 4.32. The van der Waals surface area contributed by atoms with Gasteiger partial charge in [-0.15, -0.1) is 0 Å². The SMILES string of the molecule is [Co].[Co].[Y].[Y].[Y]. The molecule has 0 aromatic rings. The molecule has 0 aliphatic rings. The number of rotatable bonds is 0. The second-order valence-corrected chi connectivity index (χ2v) is 0. The van der Waals surface area contributed by atoms with Gasteiger partial charge in [0, 0.05) is 132 Å². The average molecular weight is 385 g/mol. The largest absolute Gasteiger partial charge is 0 e. The summed E-state index contributed by atoms with van der Waals surface area (Å²) in [6, 6.07) is 0. The molecule has 0 heterocycles. The van der Waals surface area contributed by atoms with Gasteiger partial charge < -0.3 is 0 Å². The van der Waals surface area contributed by atoms with Crippen LogP contribution in [0.4, 0.5) is 0 Å². The van der Waals surface area contributed by atoms with Gasteiger partial charge in [-0.05, 0) is 0 Å². The summed E-state index contributed by atoms with van der Waals surface area (Å²) < 4.78 is 0. The summed E-state index contributed by atoms with van der Waals surface area (Å²) in [5.74, 6) is 0. The Labute approximate surface area is 128 Å². The third-order valence-corrected chi connectivity index (χ3v) is 0. The maximum absolute atomic E-state index is 0.